The van der Waals surface area contributed by atoms with Gasteiger partial charge in [-0.25, -0.2) is 4.98 Å². The largest absolute Gasteiger partial charge is 0.462 e. The highest BCUT2D eigenvalue weighted by molar-refractivity contribution is 7.13. The second kappa shape index (κ2) is 7.38. The molecule has 0 atom stereocenters. The van der Waals surface area contributed by atoms with Gasteiger partial charge in [-0.05, 0) is 50.5 Å². The van der Waals surface area contributed by atoms with E-state index in [1.807, 2.05) is 24.3 Å². The van der Waals surface area contributed by atoms with Gasteiger partial charge in [0.05, 0.1) is 6.26 Å². The second-order valence-corrected chi connectivity index (χ2v) is 7.41. The van der Waals surface area contributed by atoms with E-state index in [0.717, 1.165) is 29.7 Å². The minimum atomic E-state index is -0.226. The Bertz CT molecular complexity index is 1060. The quantitative estimate of drug-likeness (QED) is 0.545. The maximum absolute atomic E-state index is 12.5. The van der Waals surface area contributed by atoms with Crippen LogP contribution < -0.4 is 5.32 Å². The molecule has 1 aromatic carbocycles. The highest BCUT2D eigenvalue weighted by Gasteiger charge is 2.14. The fourth-order valence-corrected chi connectivity index (χ4v) is 3.63. The monoisotopic (exact) mass is 380 g/mol. The van der Waals surface area contributed by atoms with E-state index in [-0.39, 0.29) is 5.91 Å². The number of thiazole rings is 1. The van der Waals surface area contributed by atoms with Crippen molar-refractivity contribution < 1.29 is 9.21 Å². The number of carbonyl (C=O) groups excluding carboxylic acids is 1. The molecule has 1 N–H and O–H groups in total. The predicted octanol–water partition coefficient (Wildman–Crippen LogP) is 4.17. The summed E-state index contributed by atoms with van der Waals surface area (Å²) in [5.41, 5.74) is 2.30. The number of furan rings is 1. The zero-order valence-corrected chi connectivity index (χ0v) is 16.0. The first-order chi connectivity index (χ1) is 13.1. The van der Waals surface area contributed by atoms with E-state index in [9.17, 15) is 4.79 Å². The van der Waals surface area contributed by atoms with Crippen LogP contribution in [0.3, 0.4) is 0 Å². The van der Waals surface area contributed by atoms with E-state index in [1.165, 1.54) is 11.3 Å². The molecule has 0 unspecified atom stereocenters. The van der Waals surface area contributed by atoms with Crippen LogP contribution in [0.25, 0.3) is 21.7 Å². The van der Waals surface area contributed by atoms with Crippen molar-refractivity contribution in [2.75, 3.05) is 26.0 Å². The Morgan fingerprint density at radius 2 is 2.19 bits per heavy atom. The van der Waals surface area contributed by atoms with Gasteiger partial charge in [0.2, 0.25) is 0 Å². The van der Waals surface area contributed by atoms with Gasteiger partial charge in [0.25, 0.3) is 5.91 Å². The van der Waals surface area contributed by atoms with Gasteiger partial charge in [-0.3, -0.25) is 4.79 Å². The molecule has 1 amide bonds. The van der Waals surface area contributed by atoms with Gasteiger partial charge in [-0.15, -0.1) is 11.3 Å². The van der Waals surface area contributed by atoms with E-state index in [0.29, 0.717) is 16.5 Å². The predicted molar refractivity (Wildman–Crippen MR) is 108 cm³/mol. The number of nitrogens with one attached hydrogen (secondary N) is 1. The third-order valence-corrected chi connectivity index (χ3v) is 5.14. The third kappa shape index (κ3) is 3.79. The molecule has 4 rings (SSSR count). The molecule has 0 aliphatic carbocycles. The van der Waals surface area contributed by atoms with Crippen LogP contribution in [0.2, 0.25) is 0 Å². The number of aromatic nitrogens is 2. The number of likely N-dealkylation sites (N-methyl/N-ethyl adjacent to an activating group) is 1. The molecule has 3 heterocycles. The lowest BCUT2D eigenvalue weighted by Gasteiger charge is -2.11. The highest BCUT2D eigenvalue weighted by Crippen LogP contribution is 2.25. The Morgan fingerprint density at radius 1 is 1.30 bits per heavy atom. The van der Waals surface area contributed by atoms with Crippen molar-refractivity contribution in [1.29, 1.82) is 0 Å². The Labute approximate surface area is 161 Å². The molecule has 0 bridgehead atoms. The van der Waals surface area contributed by atoms with Crippen molar-refractivity contribution in [2.24, 2.45) is 0 Å². The molecule has 27 heavy (non-hydrogen) atoms. The van der Waals surface area contributed by atoms with Crippen LogP contribution in [0.4, 0.5) is 5.69 Å². The van der Waals surface area contributed by atoms with Gasteiger partial charge in [-0.1, -0.05) is 0 Å². The van der Waals surface area contributed by atoms with Gasteiger partial charge in [0.1, 0.15) is 5.69 Å². The zero-order chi connectivity index (χ0) is 18.8. The smallest absolute Gasteiger partial charge is 0.275 e. The molecule has 0 aliphatic rings. The zero-order valence-electron chi connectivity index (χ0n) is 15.2. The summed E-state index contributed by atoms with van der Waals surface area (Å²) in [6.07, 6.45) is 3.67. The lowest BCUT2D eigenvalue weighted by atomic mass is 10.2. The number of carbonyl (C=O) groups is 1. The van der Waals surface area contributed by atoms with Crippen LogP contribution in [0.5, 0.6) is 0 Å². The van der Waals surface area contributed by atoms with Crippen LogP contribution in [0.15, 0.2) is 58.7 Å². The standard InChI is InChI=1S/C20H20N4O2S/c1-23(2)9-10-24-8-7-14-12-15(5-6-17(14)24)21-19(25)16-13-27-20(22-16)18-4-3-11-26-18/h3-8,11-13H,9-10H2,1-2H3,(H,21,25). The van der Waals surface area contributed by atoms with Gasteiger partial charge < -0.3 is 19.2 Å². The van der Waals surface area contributed by atoms with Crippen molar-refractivity contribution >= 4 is 33.8 Å². The molecule has 4 aromatic rings. The van der Waals surface area contributed by atoms with Gasteiger partial charge in [-0.2, -0.15) is 0 Å². The van der Waals surface area contributed by atoms with Gasteiger partial charge >= 0.3 is 0 Å². The summed E-state index contributed by atoms with van der Waals surface area (Å²) in [4.78, 5) is 19.0. The average Bonchev–Trinajstić information content (AvgIpc) is 3.39. The van der Waals surface area contributed by atoms with Gasteiger partial charge in [0, 0.05) is 41.3 Å². The lowest BCUT2D eigenvalue weighted by Crippen LogP contribution is -2.17. The number of amides is 1. The lowest BCUT2D eigenvalue weighted by molar-refractivity contribution is 0.102. The Hall–Kier alpha value is -2.90. The summed E-state index contributed by atoms with van der Waals surface area (Å²) in [5.74, 6) is 0.440. The second-order valence-electron chi connectivity index (χ2n) is 6.56. The number of nitrogens with zero attached hydrogens (tertiary/aromatic N) is 3. The van der Waals surface area contributed by atoms with E-state index < -0.39 is 0 Å². The number of fused-ring (bicyclic) bond motifs is 1. The summed E-state index contributed by atoms with van der Waals surface area (Å²) in [6, 6.07) is 11.6. The van der Waals surface area contributed by atoms with Crippen molar-refractivity contribution in [3.63, 3.8) is 0 Å². The Morgan fingerprint density at radius 3 is 2.96 bits per heavy atom. The maximum Gasteiger partial charge on any atom is 0.275 e. The average molecular weight is 380 g/mol. The normalized spacial score (nSPS) is 11.4. The van der Waals surface area contributed by atoms with Crippen LogP contribution in [0.1, 0.15) is 10.5 Å². The molecule has 3 aromatic heterocycles. The van der Waals surface area contributed by atoms with Crippen molar-refractivity contribution in [1.82, 2.24) is 14.5 Å². The highest BCUT2D eigenvalue weighted by atomic mass is 32.1. The van der Waals surface area contributed by atoms with E-state index >= 15 is 0 Å². The van der Waals surface area contributed by atoms with E-state index in [2.05, 4.69) is 46.1 Å². The molecule has 0 spiro atoms. The minimum absolute atomic E-state index is 0.226. The minimum Gasteiger partial charge on any atom is -0.462 e. The Balaban J connectivity index is 1.49. The summed E-state index contributed by atoms with van der Waals surface area (Å²) in [5, 5.41) is 6.46. The van der Waals surface area contributed by atoms with Crippen molar-refractivity contribution in [3.05, 3.63) is 59.9 Å². The first-order valence-corrected chi connectivity index (χ1v) is 9.52. The molecule has 138 valence electrons. The topological polar surface area (TPSA) is 63.3 Å². The number of rotatable bonds is 6. The first-order valence-electron chi connectivity index (χ1n) is 8.64. The molecular formula is C20H20N4O2S. The third-order valence-electron chi connectivity index (χ3n) is 4.29. The molecule has 0 aliphatic heterocycles. The van der Waals surface area contributed by atoms with E-state index in [4.69, 9.17) is 4.42 Å². The summed E-state index contributed by atoms with van der Waals surface area (Å²) < 4.78 is 7.55. The fourth-order valence-electron chi connectivity index (χ4n) is 2.87. The summed E-state index contributed by atoms with van der Waals surface area (Å²) in [6.45, 7) is 1.90. The first kappa shape index (κ1) is 17.5. The van der Waals surface area contributed by atoms with E-state index in [1.54, 1.807) is 17.7 Å². The molecule has 0 saturated carbocycles. The Kier molecular flexibility index (Phi) is 4.79. The molecular weight excluding hydrogens is 360 g/mol. The van der Waals surface area contributed by atoms with Crippen LogP contribution in [-0.2, 0) is 6.54 Å². The molecule has 7 heteroatoms. The summed E-state index contributed by atoms with van der Waals surface area (Å²) in [7, 11) is 4.13. The van der Waals surface area contributed by atoms with Crippen LogP contribution in [-0.4, -0.2) is 41.0 Å². The number of hydrogen-bond donors (Lipinski definition) is 1. The van der Waals surface area contributed by atoms with Crippen molar-refractivity contribution in [3.8, 4) is 10.8 Å². The number of benzene rings is 1. The summed E-state index contributed by atoms with van der Waals surface area (Å²) >= 11 is 1.39. The molecule has 0 fully saturated rings. The SMILES string of the molecule is CN(C)CCn1ccc2cc(NC(=O)c3csc(-c4ccco4)n3)ccc21. The number of anilines is 1. The van der Waals surface area contributed by atoms with Crippen LogP contribution in [0, 0.1) is 0 Å². The van der Waals surface area contributed by atoms with Gasteiger partial charge in [0.15, 0.2) is 10.8 Å². The maximum atomic E-state index is 12.5. The number of hydrogen-bond acceptors (Lipinski definition) is 5. The molecule has 0 radical (unpaired) electrons. The van der Waals surface area contributed by atoms with Crippen LogP contribution >= 0.6 is 11.3 Å². The molecule has 0 saturated heterocycles. The molecule has 6 nitrogen and oxygen atoms in total. The fraction of sp³-hybridized carbons (Fsp3) is 0.200. The van der Waals surface area contributed by atoms with Crippen molar-refractivity contribution in [2.45, 2.75) is 6.54 Å².